The summed E-state index contributed by atoms with van der Waals surface area (Å²) in [5.41, 5.74) is 1.99. The van der Waals surface area contributed by atoms with E-state index in [2.05, 4.69) is 0 Å². The number of hydrogen-bond donors (Lipinski definition) is 1. The van der Waals surface area contributed by atoms with Crippen LogP contribution in [0.4, 0.5) is 13.2 Å². The Balaban J connectivity index is 1.47. The highest BCUT2D eigenvalue weighted by Gasteiger charge is 2.30. The number of halogens is 3. The van der Waals surface area contributed by atoms with Crippen LogP contribution < -0.4 is 4.74 Å². The van der Waals surface area contributed by atoms with Gasteiger partial charge in [0.05, 0.1) is 16.0 Å². The molecule has 5 rings (SSSR count). The van der Waals surface area contributed by atoms with Crippen molar-refractivity contribution in [1.82, 2.24) is 3.97 Å². The average Bonchev–Trinajstić information content (AvgIpc) is 3.31. The molecule has 1 N–H and O–H groups in total. The minimum Gasteiger partial charge on any atom is -0.481 e. The Morgan fingerprint density at radius 1 is 0.825 bits per heavy atom. The molecule has 0 unspecified atom stereocenters. The van der Waals surface area contributed by atoms with E-state index in [1.807, 2.05) is 42.5 Å². The molecule has 204 valence electrons. The zero-order valence-electron chi connectivity index (χ0n) is 20.8. The highest BCUT2D eigenvalue weighted by molar-refractivity contribution is 7.90. The van der Waals surface area contributed by atoms with Crippen molar-refractivity contribution in [3.05, 3.63) is 114 Å². The first-order valence-electron chi connectivity index (χ1n) is 12.1. The predicted octanol–water partition coefficient (Wildman–Crippen LogP) is 7.37. The van der Waals surface area contributed by atoms with Crippen LogP contribution >= 0.6 is 0 Å². The summed E-state index contributed by atoms with van der Waals surface area (Å²) in [7, 11) is -4.08. The Bertz CT molecular complexity index is 1780. The molecule has 0 amide bonds. The molecule has 40 heavy (non-hydrogen) atoms. The van der Waals surface area contributed by atoms with Crippen LogP contribution in [0.5, 0.6) is 11.5 Å². The van der Waals surface area contributed by atoms with E-state index in [9.17, 15) is 31.5 Å². The molecule has 0 aliphatic carbocycles. The van der Waals surface area contributed by atoms with Crippen molar-refractivity contribution in [2.45, 2.75) is 23.9 Å². The summed E-state index contributed by atoms with van der Waals surface area (Å²) in [6, 6.07) is 24.6. The maximum atomic E-state index is 13.7. The van der Waals surface area contributed by atoms with E-state index in [4.69, 9.17) is 4.74 Å². The van der Waals surface area contributed by atoms with E-state index in [0.29, 0.717) is 16.5 Å². The molecule has 0 bridgehead atoms. The van der Waals surface area contributed by atoms with Gasteiger partial charge < -0.3 is 9.84 Å². The van der Waals surface area contributed by atoms with Crippen molar-refractivity contribution in [1.29, 1.82) is 0 Å². The van der Waals surface area contributed by atoms with Crippen molar-refractivity contribution < 1.29 is 36.2 Å². The Morgan fingerprint density at radius 2 is 1.45 bits per heavy atom. The maximum Gasteiger partial charge on any atom is 0.416 e. The largest absolute Gasteiger partial charge is 0.481 e. The fraction of sp³-hybridized carbons (Fsp3) is 0.100. The summed E-state index contributed by atoms with van der Waals surface area (Å²) in [6.45, 7) is 0. The number of aryl methyl sites for hydroxylation is 1. The molecule has 0 aliphatic heterocycles. The molecule has 0 atom stereocenters. The number of nitrogens with zero attached hydrogens (tertiary/aromatic N) is 1. The average molecular weight is 566 g/mol. The molecule has 1 aromatic heterocycles. The van der Waals surface area contributed by atoms with Crippen LogP contribution in [0.15, 0.2) is 108 Å². The van der Waals surface area contributed by atoms with Crippen molar-refractivity contribution in [2.24, 2.45) is 0 Å². The third-order valence-corrected chi connectivity index (χ3v) is 8.05. The summed E-state index contributed by atoms with van der Waals surface area (Å²) in [5, 5.41) is 9.85. The Hall–Kier alpha value is -4.57. The van der Waals surface area contributed by atoms with Gasteiger partial charge in [-0.3, -0.25) is 4.79 Å². The monoisotopic (exact) mass is 565 g/mol. The number of alkyl halides is 3. The smallest absolute Gasteiger partial charge is 0.416 e. The number of fused-ring (bicyclic) bond motifs is 1. The molecule has 0 radical (unpaired) electrons. The highest BCUT2D eigenvalue weighted by atomic mass is 32.2. The molecule has 0 spiro atoms. The van der Waals surface area contributed by atoms with Gasteiger partial charge in [-0.05, 0) is 83.8 Å². The van der Waals surface area contributed by atoms with Gasteiger partial charge in [0, 0.05) is 18.0 Å². The minimum atomic E-state index is -4.46. The van der Waals surface area contributed by atoms with Crippen LogP contribution in [0, 0.1) is 0 Å². The lowest BCUT2D eigenvalue weighted by Crippen LogP contribution is -2.11. The summed E-state index contributed by atoms with van der Waals surface area (Å²) in [6.07, 6.45) is -3.03. The molecular weight excluding hydrogens is 543 g/mol. The first-order chi connectivity index (χ1) is 19.0. The number of carboxylic acids is 1. The summed E-state index contributed by atoms with van der Waals surface area (Å²) < 4.78 is 72.4. The normalized spacial score (nSPS) is 12.0. The minimum absolute atomic E-state index is 0.0407. The van der Waals surface area contributed by atoms with E-state index < -0.39 is 27.7 Å². The SMILES string of the molecule is O=C(O)CCc1cn(S(=O)(=O)c2ccc(Oc3ccc(C(F)(F)F)cc3)cc2)c2ccc(-c3ccccc3)cc12. The van der Waals surface area contributed by atoms with Crippen LogP contribution in [-0.4, -0.2) is 23.5 Å². The number of benzene rings is 4. The molecule has 6 nitrogen and oxygen atoms in total. The topological polar surface area (TPSA) is 85.6 Å². The number of carboxylic acid groups (broad SMARTS) is 1. The van der Waals surface area contributed by atoms with Gasteiger partial charge in [0.2, 0.25) is 0 Å². The fourth-order valence-corrected chi connectivity index (χ4v) is 5.75. The Kier molecular flexibility index (Phi) is 7.12. The van der Waals surface area contributed by atoms with Crippen molar-refractivity contribution >= 4 is 26.9 Å². The number of aliphatic carboxylic acids is 1. The quantitative estimate of drug-likeness (QED) is 0.212. The van der Waals surface area contributed by atoms with Gasteiger partial charge in [0.25, 0.3) is 10.0 Å². The molecule has 1 heterocycles. The van der Waals surface area contributed by atoms with Crippen molar-refractivity contribution in [3.8, 4) is 22.6 Å². The standard InChI is InChI=1S/C30H22F3NO5S/c31-30(32,33)23-8-10-24(11-9-23)39-25-12-14-26(15-13-25)40(37,38)34-19-22(7-17-29(35)36)27-18-21(6-16-28(27)34)20-4-2-1-3-5-20/h1-6,8-16,18-19H,7,17H2,(H,35,36). The molecule has 5 aromatic rings. The summed E-state index contributed by atoms with van der Waals surface area (Å²) in [4.78, 5) is 11.2. The van der Waals surface area contributed by atoms with Gasteiger partial charge >= 0.3 is 12.1 Å². The van der Waals surface area contributed by atoms with Crippen LogP contribution in [0.3, 0.4) is 0 Å². The van der Waals surface area contributed by atoms with Gasteiger partial charge in [-0.15, -0.1) is 0 Å². The number of rotatable bonds is 8. The van der Waals surface area contributed by atoms with Gasteiger partial charge in [-0.25, -0.2) is 12.4 Å². The van der Waals surface area contributed by atoms with Gasteiger partial charge in [-0.1, -0.05) is 36.4 Å². The number of carbonyl (C=O) groups is 1. The van der Waals surface area contributed by atoms with E-state index in [0.717, 1.165) is 27.2 Å². The predicted molar refractivity (Wildman–Crippen MR) is 144 cm³/mol. The molecule has 4 aromatic carbocycles. The van der Waals surface area contributed by atoms with Crippen LogP contribution in [-0.2, 0) is 27.4 Å². The lowest BCUT2D eigenvalue weighted by atomic mass is 10.0. The molecule has 0 saturated heterocycles. The molecule has 0 saturated carbocycles. The zero-order chi connectivity index (χ0) is 28.5. The number of aromatic nitrogens is 1. The first kappa shape index (κ1) is 27.0. The van der Waals surface area contributed by atoms with E-state index in [1.165, 1.54) is 42.6 Å². The second kappa shape index (κ2) is 10.5. The lowest BCUT2D eigenvalue weighted by Gasteiger charge is -2.11. The highest BCUT2D eigenvalue weighted by Crippen LogP contribution is 2.33. The molecule has 10 heteroatoms. The van der Waals surface area contributed by atoms with E-state index in [1.54, 1.807) is 6.07 Å². The van der Waals surface area contributed by atoms with Crippen molar-refractivity contribution in [3.63, 3.8) is 0 Å². The van der Waals surface area contributed by atoms with Crippen LogP contribution in [0.1, 0.15) is 17.5 Å². The van der Waals surface area contributed by atoms with Gasteiger partial charge in [-0.2, -0.15) is 13.2 Å². The lowest BCUT2D eigenvalue weighted by molar-refractivity contribution is -0.138. The second-order valence-electron chi connectivity index (χ2n) is 9.04. The Morgan fingerprint density at radius 3 is 2.05 bits per heavy atom. The Labute approximate surface area is 227 Å². The third kappa shape index (κ3) is 5.57. The maximum absolute atomic E-state index is 13.7. The van der Waals surface area contributed by atoms with Gasteiger partial charge in [0.1, 0.15) is 11.5 Å². The van der Waals surface area contributed by atoms with Crippen LogP contribution in [0.25, 0.3) is 22.0 Å². The third-order valence-electron chi connectivity index (χ3n) is 6.37. The zero-order valence-corrected chi connectivity index (χ0v) is 21.6. The second-order valence-corrected chi connectivity index (χ2v) is 10.9. The van der Waals surface area contributed by atoms with Crippen LogP contribution in [0.2, 0.25) is 0 Å². The summed E-state index contributed by atoms with van der Waals surface area (Å²) >= 11 is 0. The van der Waals surface area contributed by atoms with Crippen molar-refractivity contribution in [2.75, 3.05) is 0 Å². The molecule has 0 fully saturated rings. The van der Waals surface area contributed by atoms with E-state index >= 15 is 0 Å². The first-order valence-corrected chi connectivity index (χ1v) is 13.6. The number of hydrogen-bond acceptors (Lipinski definition) is 4. The number of ether oxygens (including phenoxy) is 1. The van der Waals surface area contributed by atoms with E-state index in [-0.39, 0.29) is 29.2 Å². The molecular formula is C30H22F3NO5S. The fourth-order valence-electron chi connectivity index (χ4n) is 4.36. The molecule has 0 aliphatic rings. The van der Waals surface area contributed by atoms with Gasteiger partial charge in [0.15, 0.2) is 0 Å². The summed E-state index contributed by atoms with van der Waals surface area (Å²) in [5.74, 6) is -0.588.